The van der Waals surface area contributed by atoms with Gasteiger partial charge in [0.2, 0.25) is 0 Å². The molecule has 0 saturated heterocycles. The normalized spacial score (nSPS) is 10.8. The molecule has 0 bridgehead atoms. The van der Waals surface area contributed by atoms with Crippen LogP contribution >= 0.6 is 15.9 Å². The lowest BCUT2D eigenvalue weighted by Gasteiger charge is -2.17. The predicted molar refractivity (Wildman–Crippen MR) is 78.0 cm³/mol. The van der Waals surface area contributed by atoms with Crippen molar-refractivity contribution in [1.29, 1.82) is 0 Å². The second-order valence-corrected chi connectivity index (χ2v) is 5.20. The van der Waals surface area contributed by atoms with Gasteiger partial charge in [-0.2, -0.15) is 0 Å². The first-order valence-corrected chi connectivity index (χ1v) is 6.57. The number of hydrogen-bond donors (Lipinski definition) is 1. The summed E-state index contributed by atoms with van der Waals surface area (Å²) in [6.07, 6.45) is 1.75. The summed E-state index contributed by atoms with van der Waals surface area (Å²) >= 11 is 3.56. The Balaban J connectivity index is 2.01. The van der Waals surface area contributed by atoms with Crippen LogP contribution < -0.4 is 5.73 Å². The van der Waals surface area contributed by atoms with Crippen LogP contribution in [0.3, 0.4) is 0 Å². The Morgan fingerprint density at radius 1 is 1.22 bits per heavy atom. The van der Waals surface area contributed by atoms with E-state index in [9.17, 15) is 0 Å². The molecule has 0 spiro atoms. The molecule has 0 atom stereocenters. The van der Waals surface area contributed by atoms with Crippen LogP contribution in [0.15, 0.2) is 47.1 Å². The molecular weight excluding hydrogens is 290 g/mol. The summed E-state index contributed by atoms with van der Waals surface area (Å²) in [5.74, 6) is 0. The second kappa shape index (κ2) is 5.98. The van der Waals surface area contributed by atoms with Gasteiger partial charge in [0.25, 0.3) is 0 Å². The minimum atomic E-state index is 0.759. The third-order valence-corrected chi connectivity index (χ3v) is 3.44. The Kier molecular flexibility index (Phi) is 4.33. The first-order valence-electron chi connectivity index (χ1n) is 5.77. The number of rotatable bonds is 4. The third kappa shape index (κ3) is 3.55. The zero-order chi connectivity index (χ0) is 13.0. The van der Waals surface area contributed by atoms with Gasteiger partial charge in [0, 0.05) is 29.4 Å². The molecule has 0 unspecified atom stereocenters. The number of aromatic nitrogens is 1. The van der Waals surface area contributed by atoms with Crippen molar-refractivity contribution in [3.8, 4) is 0 Å². The molecule has 0 saturated carbocycles. The molecule has 3 nitrogen and oxygen atoms in total. The summed E-state index contributed by atoms with van der Waals surface area (Å²) in [6, 6.07) is 12.0. The van der Waals surface area contributed by atoms with Gasteiger partial charge in [0.1, 0.15) is 0 Å². The van der Waals surface area contributed by atoms with Crippen molar-refractivity contribution in [2.24, 2.45) is 0 Å². The molecule has 1 aromatic heterocycles. The summed E-state index contributed by atoms with van der Waals surface area (Å²) in [4.78, 5) is 6.52. The fourth-order valence-electron chi connectivity index (χ4n) is 1.83. The number of nitrogens with zero attached hydrogens (tertiary/aromatic N) is 2. The Morgan fingerprint density at radius 3 is 2.72 bits per heavy atom. The maximum absolute atomic E-state index is 5.74. The van der Waals surface area contributed by atoms with Gasteiger partial charge in [-0.05, 0) is 30.8 Å². The number of halogens is 1. The molecule has 4 heteroatoms. The Labute approximate surface area is 116 Å². The quantitative estimate of drug-likeness (QED) is 0.944. The SMILES string of the molecule is CN(Cc1cc(N)ccn1)Cc1ccccc1Br. The summed E-state index contributed by atoms with van der Waals surface area (Å²) in [7, 11) is 2.07. The zero-order valence-corrected chi connectivity index (χ0v) is 11.9. The van der Waals surface area contributed by atoms with Crippen molar-refractivity contribution in [2.75, 3.05) is 12.8 Å². The number of nitrogen functional groups attached to an aromatic ring is 1. The molecule has 0 aliphatic heterocycles. The standard InChI is InChI=1S/C14H16BrN3/c1-18(9-11-4-2-3-5-14(11)15)10-13-8-12(16)6-7-17-13/h2-8H,9-10H2,1H3,(H2,16,17). The minimum Gasteiger partial charge on any atom is -0.399 e. The third-order valence-electron chi connectivity index (χ3n) is 2.67. The molecule has 2 aromatic rings. The molecule has 2 rings (SSSR count). The van der Waals surface area contributed by atoms with E-state index in [1.54, 1.807) is 12.3 Å². The highest BCUT2D eigenvalue weighted by atomic mass is 79.9. The molecule has 0 aliphatic carbocycles. The van der Waals surface area contributed by atoms with E-state index in [1.165, 1.54) is 5.56 Å². The number of pyridine rings is 1. The molecule has 18 heavy (non-hydrogen) atoms. The Morgan fingerprint density at radius 2 is 2.00 bits per heavy atom. The van der Waals surface area contributed by atoms with Gasteiger partial charge in [-0.3, -0.25) is 9.88 Å². The molecule has 0 aliphatic rings. The van der Waals surface area contributed by atoms with E-state index in [2.05, 4.69) is 45.0 Å². The maximum Gasteiger partial charge on any atom is 0.0564 e. The van der Waals surface area contributed by atoms with Gasteiger partial charge in [-0.15, -0.1) is 0 Å². The van der Waals surface area contributed by atoms with Crippen LogP contribution in [0.5, 0.6) is 0 Å². The first-order chi connectivity index (χ1) is 8.65. The summed E-state index contributed by atoms with van der Waals surface area (Å²) < 4.78 is 1.14. The average molecular weight is 306 g/mol. The highest BCUT2D eigenvalue weighted by Gasteiger charge is 2.05. The Bertz CT molecular complexity index is 528. The molecular formula is C14H16BrN3. The van der Waals surface area contributed by atoms with Crippen molar-refractivity contribution < 1.29 is 0 Å². The van der Waals surface area contributed by atoms with Crippen molar-refractivity contribution in [3.63, 3.8) is 0 Å². The Hall–Kier alpha value is -1.39. The molecule has 1 aromatic carbocycles. The van der Waals surface area contributed by atoms with E-state index in [0.29, 0.717) is 0 Å². The second-order valence-electron chi connectivity index (χ2n) is 4.34. The van der Waals surface area contributed by atoms with Crippen LogP contribution in [0.25, 0.3) is 0 Å². The van der Waals surface area contributed by atoms with Crippen molar-refractivity contribution >= 4 is 21.6 Å². The number of anilines is 1. The van der Waals surface area contributed by atoms with E-state index in [4.69, 9.17) is 5.73 Å². The lowest BCUT2D eigenvalue weighted by molar-refractivity contribution is 0.314. The maximum atomic E-state index is 5.74. The van der Waals surface area contributed by atoms with Gasteiger partial charge in [0.15, 0.2) is 0 Å². The van der Waals surface area contributed by atoms with Gasteiger partial charge in [-0.1, -0.05) is 34.1 Å². The summed E-state index contributed by atoms with van der Waals surface area (Å²) in [5.41, 5.74) is 8.76. The van der Waals surface area contributed by atoms with Crippen molar-refractivity contribution in [2.45, 2.75) is 13.1 Å². The molecule has 1 heterocycles. The van der Waals surface area contributed by atoms with Crippen LogP contribution in [0, 0.1) is 0 Å². The number of benzene rings is 1. The first kappa shape index (κ1) is 13.1. The fraction of sp³-hybridized carbons (Fsp3) is 0.214. The predicted octanol–water partition coefficient (Wildman–Crippen LogP) is 3.06. The van der Waals surface area contributed by atoms with Gasteiger partial charge in [-0.25, -0.2) is 0 Å². The molecule has 0 fully saturated rings. The van der Waals surface area contributed by atoms with Crippen molar-refractivity contribution in [1.82, 2.24) is 9.88 Å². The van der Waals surface area contributed by atoms with E-state index in [0.717, 1.165) is 28.9 Å². The molecule has 94 valence electrons. The van der Waals surface area contributed by atoms with Crippen LogP contribution in [0.2, 0.25) is 0 Å². The lowest BCUT2D eigenvalue weighted by atomic mass is 10.2. The fourth-order valence-corrected chi connectivity index (χ4v) is 2.24. The lowest BCUT2D eigenvalue weighted by Crippen LogP contribution is -2.18. The van der Waals surface area contributed by atoms with Crippen LogP contribution in [0.1, 0.15) is 11.3 Å². The van der Waals surface area contributed by atoms with E-state index in [1.807, 2.05) is 18.2 Å². The average Bonchev–Trinajstić information content (AvgIpc) is 2.32. The van der Waals surface area contributed by atoms with E-state index in [-0.39, 0.29) is 0 Å². The highest BCUT2D eigenvalue weighted by molar-refractivity contribution is 9.10. The smallest absolute Gasteiger partial charge is 0.0564 e. The largest absolute Gasteiger partial charge is 0.399 e. The molecule has 0 radical (unpaired) electrons. The number of hydrogen-bond acceptors (Lipinski definition) is 3. The van der Waals surface area contributed by atoms with E-state index < -0.39 is 0 Å². The molecule has 0 amide bonds. The van der Waals surface area contributed by atoms with Crippen LogP contribution in [-0.2, 0) is 13.1 Å². The van der Waals surface area contributed by atoms with E-state index >= 15 is 0 Å². The summed E-state index contributed by atoms with van der Waals surface area (Å²) in [5, 5.41) is 0. The minimum absolute atomic E-state index is 0.759. The topological polar surface area (TPSA) is 42.1 Å². The van der Waals surface area contributed by atoms with Crippen LogP contribution in [-0.4, -0.2) is 16.9 Å². The van der Waals surface area contributed by atoms with Crippen molar-refractivity contribution in [3.05, 3.63) is 58.3 Å². The van der Waals surface area contributed by atoms with Gasteiger partial charge in [0.05, 0.1) is 5.69 Å². The van der Waals surface area contributed by atoms with Gasteiger partial charge >= 0.3 is 0 Å². The van der Waals surface area contributed by atoms with Gasteiger partial charge < -0.3 is 5.73 Å². The number of nitrogens with two attached hydrogens (primary N) is 1. The zero-order valence-electron chi connectivity index (χ0n) is 10.3. The van der Waals surface area contributed by atoms with Crippen LogP contribution in [0.4, 0.5) is 5.69 Å². The molecule has 2 N–H and O–H groups in total. The highest BCUT2D eigenvalue weighted by Crippen LogP contribution is 2.18. The monoisotopic (exact) mass is 305 g/mol. The summed E-state index contributed by atoms with van der Waals surface area (Å²) in [6.45, 7) is 1.66.